The van der Waals surface area contributed by atoms with E-state index in [1.165, 1.54) is 0 Å². The van der Waals surface area contributed by atoms with Crippen molar-refractivity contribution in [2.24, 2.45) is 5.73 Å². The molecular weight excluding hydrogens is 105 g/mol. The van der Waals surface area contributed by atoms with Crippen LogP contribution in [0.25, 0.3) is 0 Å². The third kappa shape index (κ3) is 4.15. The fraction of sp³-hybridized carbons (Fsp3) is 0.667. The van der Waals surface area contributed by atoms with Crippen molar-refractivity contribution in [2.45, 2.75) is 6.04 Å². The van der Waals surface area contributed by atoms with Gasteiger partial charge in [-0.3, -0.25) is 0 Å². The van der Waals surface area contributed by atoms with Gasteiger partial charge in [0.2, 0.25) is 0 Å². The summed E-state index contributed by atoms with van der Waals surface area (Å²) < 4.78 is 0. The smallest absolute Gasteiger partial charge is 0.548 e. The molecule has 1 atom stereocenters. The van der Waals surface area contributed by atoms with Crippen LogP contribution in [-0.2, 0) is 4.79 Å². The van der Waals surface area contributed by atoms with Crippen LogP contribution in [0.2, 0.25) is 0 Å². The van der Waals surface area contributed by atoms with E-state index in [0.29, 0.717) is 0 Å². The van der Waals surface area contributed by atoms with Crippen LogP contribution in [0, 0.1) is 0 Å². The number of carboxylic acids is 1. The van der Waals surface area contributed by atoms with Crippen molar-refractivity contribution in [1.82, 2.24) is 0 Å². The maximum Gasteiger partial charge on any atom is 1.00 e. The van der Waals surface area contributed by atoms with Crippen molar-refractivity contribution < 1.29 is 33.9 Å². The summed E-state index contributed by atoms with van der Waals surface area (Å²) in [6.45, 7) is -0.567. The van der Waals surface area contributed by atoms with Crippen LogP contribution < -0.4 is 29.7 Å². The van der Waals surface area contributed by atoms with Crippen molar-refractivity contribution in [3.63, 3.8) is 0 Å². The van der Waals surface area contributed by atoms with Crippen molar-refractivity contribution in [3.8, 4) is 0 Å². The Hall–Kier alpha value is -0.0126. The van der Waals surface area contributed by atoms with Gasteiger partial charge in [-0.25, -0.2) is 0 Å². The number of hydrogen-bond acceptors (Lipinski definition) is 4. The van der Waals surface area contributed by atoms with Gasteiger partial charge in [0.15, 0.2) is 0 Å². The molecule has 0 aromatic carbocycles. The van der Waals surface area contributed by atoms with Gasteiger partial charge in [0.05, 0.1) is 18.6 Å². The summed E-state index contributed by atoms with van der Waals surface area (Å²) in [6.07, 6.45) is 0. The molecule has 0 spiro atoms. The van der Waals surface area contributed by atoms with E-state index in [2.05, 4.69) is 0 Å². The van der Waals surface area contributed by atoms with Crippen LogP contribution in [-0.4, -0.2) is 23.7 Å². The number of hydrogen-bond donors (Lipinski definition) is 2. The number of carbonyl (C=O) groups is 1. The molecule has 0 unspecified atom stereocenters. The molecule has 0 saturated heterocycles. The number of carboxylic acid groups (broad SMARTS) is 1. The van der Waals surface area contributed by atoms with Gasteiger partial charge < -0.3 is 20.7 Å². The van der Waals surface area contributed by atoms with Gasteiger partial charge in [-0.15, -0.1) is 0 Å². The fourth-order valence-electron chi connectivity index (χ4n) is 0.0745. The molecule has 0 heterocycles. The van der Waals surface area contributed by atoms with Crippen LogP contribution >= 0.6 is 0 Å². The molecule has 4 nitrogen and oxygen atoms in total. The first-order valence-electron chi connectivity index (χ1n) is 1.75. The third-order valence-electron chi connectivity index (χ3n) is 0.499. The van der Waals surface area contributed by atoms with Crippen molar-refractivity contribution >= 4 is 5.97 Å². The largest absolute Gasteiger partial charge is 1.00 e. The molecule has 0 aliphatic heterocycles. The molecule has 0 aromatic rings. The van der Waals surface area contributed by atoms with Crippen LogP contribution in [0.1, 0.15) is 0 Å². The van der Waals surface area contributed by atoms with Crippen molar-refractivity contribution in [2.75, 3.05) is 6.61 Å². The molecule has 5 heteroatoms. The second-order valence-corrected chi connectivity index (χ2v) is 1.11. The predicted octanol–water partition coefficient (Wildman–Crippen LogP) is -5.94. The molecule has 8 heavy (non-hydrogen) atoms. The fourth-order valence-corrected chi connectivity index (χ4v) is 0.0745. The molecule has 0 aliphatic rings. The summed E-state index contributed by atoms with van der Waals surface area (Å²) in [5.41, 5.74) is 4.70. The molecule has 3 N–H and O–H groups in total. The van der Waals surface area contributed by atoms with E-state index in [9.17, 15) is 9.90 Å². The SMILES string of the molecule is N[C@@H](CO)C(=O)[O-].[Li+]. The number of carbonyl (C=O) groups excluding carboxylic acids is 1. The molecule has 0 bridgehead atoms. The normalized spacial score (nSPS) is 11.8. The summed E-state index contributed by atoms with van der Waals surface area (Å²) in [7, 11) is 0. The Labute approximate surface area is 58.9 Å². The van der Waals surface area contributed by atoms with E-state index in [-0.39, 0.29) is 18.9 Å². The van der Waals surface area contributed by atoms with Crippen LogP contribution in [0.15, 0.2) is 0 Å². The van der Waals surface area contributed by atoms with Crippen LogP contribution in [0.4, 0.5) is 0 Å². The molecular formula is C3H6LiNO3. The number of rotatable bonds is 2. The first-order chi connectivity index (χ1) is 3.18. The van der Waals surface area contributed by atoms with Gasteiger partial charge >= 0.3 is 18.9 Å². The Kier molecular flexibility index (Phi) is 6.98. The quantitative estimate of drug-likeness (QED) is 0.347. The number of aliphatic carboxylic acids is 1. The van der Waals surface area contributed by atoms with Crippen molar-refractivity contribution in [1.29, 1.82) is 0 Å². The van der Waals surface area contributed by atoms with E-state index in [1.807, 2.05) is 0 Å². The maximum atomic E-state index is 9.53. The molecule has 0 fully saturated rings. The average Bonchev–Trinajstić information content (AvgIpc) is 1.65. The Morgan fingerprint density at radius 3 is 2.25 bits per heavy atom. The zero-order valence-electron chi connectivity index (χ0n) is 4.63. The van der Waals surface area contributed by atoms with E-state index in [0.717, 1.165) is 0 Å². The van der Waals surface area contributed by atoms with Gasteiger partial charge in [0.1, 0.15) is 0 Å². The van der Waals surface area contributed by atoms with Gasteiger partial charge in [0, 0.05) is 0 Å². The molecule has 0 radical (unpaired) electrons. The minimum absolute atomic E-state index is 0. The molecule has 0 amide bonds. The summed E-state index contributed by atoms with van der Waals surface area (Å²) in [5, 5.41) is 17.5. The standard InChI is InChI=1S/C3H7NO3.Li/c4-2(1-5)3(6)7;/h2,5H,1,4H2,(H,6,7);/q;+1/p-1/t2-;/m0./s1. The molecule has 0 saturated carbocycles. The first kappa shape index (κ1) is 10.9. The van der Waals surface area contributed by atoms with Gasteiger partial charge in [0.25, 0.3) is 0 Å². The zero-order valence-corrected chi connectivity index (χ0v) is 4.63. The zero-order chi connectivity index (χ0) is 5.86. The van der Waals surface area contributed by atoms with E-state index >= 15 is 0 Å². The van der Waals surface area contributed by atoms with E-state index in [1.54, 1.807) is 0 Å². The molecule has 0 aliphatic carbocycles. The van der Waals surface area contributed by atoms with Crippen LogP contribution in [0.5, 0.6) is 0 Å². The summed E-state index contributed by atoms with van der Waals surface area (Å²) >= 11 is 0. The Balaban J connectivity index is 0. The second kappa shape index (κ2) is 5.13. The van der Waals surface area contributed by atoms with Crippen molar-refractivity contribution in [3.05, 3.63) is 0 Å². The minimum Gasteiger partial charge on any atom is -0.548 e. The Morgan fingerprint density at radius 1 is 1.88 bits per heavy atom. The maximum absolute atomic E-state index is 9.53. The minimum atomic E-state index is -1.43. The molecule has 42 valence electrons. The number of aliphatic hydroxyl groups excluding tert-OH is 1. The summed E-state index contributed by atoms with van der Waals surface area (Å²) in [4.78, 5) is 9.53. The predicted molar refractivity (Wildman–Crippen MR) is 20.1 cm³/mol. The average molecular weight is 111 g/mol. The van der Waals surface area contributed by atoms with Gasteiger partial charge in [-0.1, -0.05) is 0 Å². The summed E-state index contributed by atoms with van der Waals surface area (Å²) in [5.74, 6) is -1.43. The Bertz CT molecular complexity index is 76.9. The third-order valence-corrected chi connectivity index (χ3v) is 0.499. The Morgan fingerprint density at radius 2 is 2.25 bits per heavy atom. The molecule has 0 aromatic heterocycles. The van der Waals surface area contributed by atoms with E-state index in [4.69, 9.17) is 10.8 Å². The monoisotopic (exact) mass is 111 g/mol. The van der Waals surface area contributed by atoms with Gasteiger partial charge in [-0.05, 0) is 0 Å². The number of aliphatic hydroxyl groups is 1. The van der Waals surface area contributed by atoms with E-state index < -0.39 is 18.6 Å². The topological polar surface area (TPSA) is 86.4 Å². The number of nitrogens with two attached hydrogens (primary N) is 1. The second-order valence-electron chi connectivity index (χ2n) is 1.11. The summed E-state index contributed by atoms with van der Waals surface area (Å²) in [6, 6.07) is -1.24. The van der Waals surface area contributed by atoms with Gasteiger partial charge in [-0.2, -0.15) is 0 Å². The first-order valence-corrected chi connectivity index (χ1v) is 1.75. The van der Waals surface area contributed by atoms with Crippen LogP contribution in [0.3, 0.4) is 0 Å². The molecule has 0 rings (SSSR count).